The van der Waals surface area contributed by atoms with E-state index in [1.54, 1.807) is 45.0 Å². The predicted molar refractivity (Wildman–Crippen MR) is 184 cm³/mol. The average Bonchev–Trinajstić information content (AvgIpc) is 3.49. The van der Waals surface area contributed by atoms with E-state index in [2.05, 4.69) is 31.7 Å². The molecule has 2 heterocycles. The topological polar surface area (TPSA) is 192 Å². The number of aromatic nitrogens is 1. The number of amides is 6. The van der Waals surface area contributed by atoms with Gasteiger partial charge in [0.05, 0.1) is 6.54 Å². The highest BCUT2D eigenvalue weighted by Crippen LogP contribution is 2.25. The fourth-order valence-corrected chi connectivity index (χ4v) is 5.59. The molecule has 1 saturated heterocycles. The molecule has 1 aromatic heterocycles. The summed E-state index contributed by atoms with van der Waals surface area (Å²) >= 11 is 0. The van der Waals surface area contributed by atoms with Crippen LogP contribution in [-0.2, 0) is 30.4 Å². The van der Waals surface area contributed by atoms with E-state index in [0.29, 0.717) is 11.3 Å². The molecule has 1 aliphatic heterocycles. The van der Waals surface area contributed by atoms with Crippen LogP contribution >= 0.6 is 0 Å². The molecule has 4 atom stereocenters. The van der Waals surface area contributed by atoms with Gasteiger partial charge in [0.2, 0.25) is 29.5 Å². The van der Waals surface area contributed by atoms with Gasteiger partial charge >= 0.3 is 0 Å². The Balaban J connectivity index is 1.58. The van der Waals surface area contributed by atoms with E-state index in [9.17, 15) is 28.8 Å². The lowest BCUT2D eigenvalue weighted by atomic mass is 10.0. The number of benzene rings is 2. The number of carbonyl (C=O) groups excluding carboxylic acids is 6. The van der Waals surface area contributed by atoms with Gasteiger partial charge in [0, 0.05) is 25.6 Å². The number of carbonyl (C=O) groups is 6. The Morgan fingerprint density at radius 2 is 1.60 bits per heavy atom. The predicted octanol–water partition coefficient (Wildman–Crippen LogP) is 1.49. The second kappa shape index (κ2) is 17.2. The normalized spacial score (nSPS) is 21.7. The van der Waals surface area contributed by atoms with Crippen molar-refractivity contribution in [1.29, 1.82) is 0 Å². The molecular formula is C36H45N7O7. The van der Waals surface area contributed by atoms with Crippen molar-refractivity contribution in [3.05, 3.63) is 77.6 Å². The summed E-state index contributed by atoms with van der Waals surface area (Å²) in [7, 11) is 1.47. The van der Waals surface area contributed by atoms with Crippen LogP contribution in [0.3, 0.4) is 0 Å². The molecule has 0 radical (unpaired) electrons. The first kappa shape index (κ1) is 37.3. The van der Waals surface area contributed by atoms with Gasteiger partial charge in [-0.05, 0) is 38.2 Å². The Hall–Kier alpha value is -5.53. The number of nitrogens with one attached hydrogen (secondary N) is 5. The number of nitrogens with zero attached hydrogens (tertiary/aromatic N) is 2. The van der Waals surface area contributed by atoms with E-state index in [1.165, 1.54) is 18.9 Å². The number of hydrogen-bond acceptors (Lipinski definition) is 8. The Kier molecular flexibility index (Phi) is 12.8. The van der Waals surface area contributed by atoms with Gasteiger partial charge < -0.3 is 36.0 Å². The SMILES string of the molecule is Cc1onc(-c2ccccc2)c1C(=O)N[C@H]1CCCNC(=O)CN(C)C(=O)[C@H](Cc2ccccc2)NC(=O)[C@@H](C)NC(=O)[C@@H](C(C)C)NC1=O. The molecule has 5 N–H and O–H groups in total. The highest BCUT2D eigenvalue weighted by atomic mass is 16.5. The number of rotatable bonds is 6. The molecule has 14 heteroatoms. The molecule has 50 heavy (non-hydrogen) atoms. The van der Waals surface area contributed by atoms with Gasteiger partial charge in [-0.1, -0.05) is 79.7 Å². The number of aryl methyl sites for hydroxylation is 1. The monoisotopic (exact) mass is 687 g/mol. The minimum Gasteiger partial charge on any atom is -0.360 e. The molecular weight excluding hydrogens is 642 g/mol. The van der Waals surface area contributed by atoms with Crippen LogP contribution in [0.25, 0.3) is 11.3 Å². The van der Waals surface area contributed by atoms with Gasteiger partial charge in [0.25, 0.3) is 5.91 Å². The van der Waals surface area contributed by atoms with Crippen LogP contribution in [0, 0.1) is 12.8 Å². The lowest BCUT2D eigenvalue weighted by molar-refractivity contribution is -0.139. The van der Waals surface area contributed by atoms with Crippen molar-refractivity contribution in [3.63, 3.8) is 0 Å². The summed E-state index contributed by atoms with van der Waals surface area (Å²) in [4.78, 5) is 81.8. The average molecular weight is 688 g/mol. The third-order valence-electron chi connectivity index (χ3n) is 8.40. The lowest BCUT2D eigenvalue weighted by Crippen LogP contribution is -2.59. The Bertz CT molecular complexity index is 1680. The molecule has 1 fully saturated rings. The fraction of sp³-hybridized carbons (Fsp3) is 0.417. The van der Waals surface area contributed by atoms with Crippen molar-refractivity contribution in [2.24, 2.45) is 5.92 Å². The number of likely N-dealkylation sites (N-methyl/N-ethyl adjacent to an activating group) is 1. The lowest BCUT2D eigenvalue weighted by Gasteiger charge is -2.28. The van der Waals surface area contributed by atoms with Crippen LogP contribution in [0.1, 0.15) is 55.3 Å². The van der Waals surface area contributed by atoms with Crippen molar-refractivity contribution in [2.45, 2.75) is 71.1 Å². The highest BCUT2D eigenvalue weighted by Gasteiger charge is 2.33. The van der Waals surface area contributed by atoms with Crippen molar-refractivity contribution >= 4 is 35.4 Å². The first-order valence-electron chi connectivity index (χ1n) is 16.6. The molecule has 0 spiro atoms. The molecule has 0 unspecified atom stereocenters. The Morgan fingerprint density at radius 3 is 2.26 bits per heavy atom. The van der Waals surface area contributed by atoms with Gasteiger partial charge in [-0.15, -0.1) is 0 Å². The third kappa shape index (κ3) is 9.77. The summed E-state index contributed by atoms with van der Waals surface area (Å²) in [6.45, 7) is 6.40. The van der Waals surface area contributed by atoms with Crippen LogP contribution in [0.2, 0.25) is 0 Å². The summed E-state index contributed by atoms with van der Waals surface area (Å²) < 4.78 is 5.34. The molecule has 14 nitrogen and oxygen atoms in total. The van der Waals surface area contributed by atoms with Gasteiger partial charge in [-0.25, -0.2) is 0 Å². The van der Waals surface area contributed by atoms with E-state index in [0.717, 1.165) is 5.56 Å². The smallest absolute Gasteiger partial charge is 0.257 e. The quantitative estimate of drug-likeness (QED) is 0.257. The maximum atomic E-state index is 13.8. The van der Waals surface area contributed by atoms with E-state index in [4.69, 9.17) is 4.52 Å². The zero-order valence-corrected chi connectivity index (χ0v) is 28.9. The van der Waals surface area contributed by atoms with Crippen LogP contribution in [0.5, 0.6) is 0 Å². The molecule has 2 aromatic carbocycles. The third-order valence-corrected chi connectivity index (χ3v) is 8.40. The zero-order valence-electron chi connectivity index (χ0n) is 28.9. The van der Waals surface area contributed by atoms with Crippen molar-refractivity contribution in [1.82, 2.24) is 36.6 Å². The standard InChI is InChI=1S/C36H45N7O7/c1-21(2)30-35(48)38-22(3)32(45)40-27(19-24-13-8-6-9-14-24)36(49)43(5)20-28(44)37-18-12-17-26(33(46)41-30)39-34(47)29-23(4)50-42-31(29)25-15-10-7-11-16-25/h6-11,13-16,21-22,26-27,30H,12,17-20H2,1-5H3,(H,37,44)(H,38,48)(H,39,47)(H,40,45)(H,41,46)/t22-,26+,27+,30-/m1/s1. The second-order valence-electron chi connectivity index (χ2n) is 12.8. The molecule has 1 aliphatic rings. The Morgan fingerprint density at radius 1 is 0.940 bits per heavy atom. The van der Waals surface area contributed by atoms with Gasteiger partial charge in [0.15, 0.2) is 0 Å². The van der Waals surface area contributed by atoms with Crippen LogP contribution in [0.15, 0.2) is 65.2 Å². The van der Waals surface area contributed by atoms with Crippen molar-refractivity contribution in [2.75, 3.05) is 20.1 Å². The van der Waals surface area contributed by atoms with Crippen LogP contribution in [-0.4, -0.2) is 89.8 Å². The van der Waals surface area contributed by atoms with E-state index >= 15 is 0 Å². The largest absolute Gasteiger partial charge is 0.360 e. The van der Waals surface area contributed by atoms with Gasteiger partial charge in [0.1, 0.15) is 41.2 Å². The van der Waals surface area contributed by atoms with Crippen LogP contribution < -0.4 is 26.6 Å². The fourth-order valence-electron chi connectivity index (χ4n) is 5.59. The maximum absolute atomic E-state index is 13.8. The zero-order chi connectivity index (χ0) is 36.4. The van der Waals surface area contributed by atoms with E-state index < -0.39 is 65.5 Å². The first-order valence-corrected chi connectivity index (χ1v) is 16.6. The van der Waals surface area contributed by atoms with E-state index in [1.807, 2.05) is 36.4 Å². The first-order chi connectivity index (χ1) is 23.8. The molecule has 0 aliphatic carbocycles. The summed E-state index contributed by atoms with van der Waals surface area (Å²) in [5, 5.41) is 17.7. The summed E-state index contributed by atoms with van der Waals surface area (Å²) in [6.07, 6.45) is 0.539. The minimum atomic E-state index is -1.12. The highest BCUT2D eigenvalue weighted by molar-refractivity contribution is 6.03. The Labute approximate surface area is 291 Å². The van der Waals surface area contributed by atoms with Crippen molar-refractivity contribution < 1.29 is 33.3 Å². The molecule has 6 amide bonds. The maximum Gasteiger partial charge on any atom is 0.257 e. The number of hydrogen-bond donors (Lipinski definition) is 5. The summed E-state index contributed by atoms with van der Waals surface area (Å²) in [5.74, 6) is -3.53. The minimum absolute atomic E-state index is 0.0992. The van der Waals surface area contributed by atoms with E-state index in [-0.39, 0.29) is 43.7 Å². The van der Waals surface area contributed by atoms with Gasteiger partial charge in [-0.2, -0.15) is 0 Å². The van der Waals surface area contributed by atoms with Crippen molar-refractivity contribution in [3.8, 4) is 11.3 Å². The molecule has 0 saturated carbocycles. The van der Waals surface area contributed by atoms with Crippen LogP contribution in [0.4, 0.5) is 0 Å². The second-order valence-corrected chi connectivity index (χ2v) is 12.8. The molecule has 0 bridgehead atoms. The molecule has 3 aromatic rings. The molecule has 266 valence electrons. The summed E-state index contributed by atoms with van der Waals surface area (Å²) in [6, 6.07) is 13.8. The van der Waals surface area contributed by atoms with Gasteiger partial charge in [-0.3, -0.25) is 28.8 Å². The molecule has 4 rings (SSSR count). The summed E-state index contributed by atoms with van der Waals surface area (Å²) in [5.41, 5.74) is 1.91.